The van der Waals surface area contributed by atoms with Crippen molar-refractivity contribution in [3.8, 4) is 0 Å². The second-order valence-corrected chi connectivity index (χ2v) is 11.7. The molecule has 1 unspecified atom stereocenters. The Hall–Kier alpha value is -3.18. The summed E-state index contributed by atoms with van der Waals surface area (Å²) in [5.41, 5.74) is -0.649. The highest BCUT2D eigenvalue weighted by Gasteiger charge is 2.30. The summed E-state index contributed by atoms with van der Waals surface area (Å²) >= 11 is 0. The molecule has 0 saturated carbocycles. The Morgan fingerprint density at radius 1 is 0.950 bits per heavy atom. The van der Waals surface area contributed by atoms with E-state index in [1.54, 1.807) is 41.5 Å². The quantitative estimate of drug-likeness (QED) is 0.296. The van der Waals surface area contributed by atoms with Crippen molar-refractivity contribution >= 4 is 24.0 Å². The zero-order chi connectivity index (χ0) is 29.8. The fourth-order valence-corrected chi connectivity index (χ4v) is 3.81. The molecule has 1 amide bonds. The van der Waals surface area contributed by atoms with Crippen LogP contribution in [-0.2, 0) is 44.7 Å². The summed E-state index contributed by atoms with van der Waals surface area (Å²) < 4.78 is 27.1. The molecule has 0 aromatic heterocycles. The number of nitrogens with zero attached hydrogens (tertiary/aromatic N) is 1. The molecule has 1 aromatic carbocycles. The second-order valence-electron chi connectivity index (χ2n) is 11.7. The van der Waals surface area contributed by atoms with E-state index in [0.717, 1.165) is 18.4 Å². The van der Waals surface area contributed by atoms with Crippen LogP contribution in [-0.4, -0.2) is 78.7 Å². The van der Waals surface area contributed by atoms with E-state index in [-0.39, 0.29) is 32.7 Å². The summed E-state index contributed by atoms with van der Waals surface area (Å²) in [4.78, 5) is 52.3. The highest BCUT2D eigenvalue weighted by Crippen LogP contribution is 2.16. The Bertz CT molecular complexity index is 934. The number of rotatable bonds is 12. The van der Waals surface area contributed by atoms with Gasteiger partial charge in [-0.15, -0.1) is 0 Å². The Balaban J connectivity index is 2.10. The zero-order valence-corrected chi connectivity index (χ0v) is 24.5. The average Bonchev–Trinajstić information content (AvgIpc) is 2.84. The molecule has 1 aliphatic rings. The number of hydrogen-bond acceptors (Lipinski definition) is 10. The van der Waals surface area contributed by atoms with Gasteiger partial charge in [0.1, 0.15) is 23.9 Å². The number of esters is 3. The fourth-order valence-electron chi connectivity index (χ4n) is 3.81. The molecule has 1 fully saturated rings. The molecule has 1 N–H and O–H groups in total. The summed E-state index contributed by atoms with van der Waals surface area (Å²) in [7, 11) is 0. The highest BCUT2D eigenvalue weighted by molar-refractivity contribution is 5.81. The van der Waals surface area contributed by atoms with Gasteiger partial charge in [-0.3, -0.25) is 14.5 Å². The standard InChI is InChI=1S/C29H44N2O9/c1-28(2,3)39-23(32)18-31(19-24(33)40-29(4,5)6)16-15-22(26(34)38-25-14-10-11-17-36-25)30-27(35)37-20-21-12-8-7-9-13-21/h7-9,12-13,22,25H,10-11,14-20H2,1-6H3,(H,30,35)/t22-,25?/m0/s1. The lowest BCUT2D eigenvalue weighted by atomic mass is 10.1. The molecule has 2 atom stereocenters. The van der Waals surface area contributed by atoms with Gasteiger partial charge in [-0.25, -0.2) is 9.59 Å². The summed E-state index contributed by atoms with van der Waals surface area (Å²) in [5, 5.41) is 2.56. The van der Waals surface area contributed by atoms with Gasteiger partial charge in [-0.2, -0.15) is 0 Å². The second kappa shape index (κ2) is 15.6. The Morgan fingerprint density at radius 2 is 1.55 bits per heavy atom. The molecule has 0 bridgehead atoms. The molecular weight excluding hydrogens is 520 g/mol. The minimum absolute atomic E-state index is 0.0175. The number of carbonyl (C=O) groups is 4. The van der Waals surface area contributed by atoms with Gasteiger partial charge in [0.2, 0.25) is 6.29 Å². The summed E-state index contributed by atoms with van der Waals surface area (Å²) in [6.07, 6.45) is 0.810. The van der Waals surface area contributed by atoms with E-state index in [1.807, 2.05) is 30.3 Å². The van der Waals surface area contributed by atoms with Gasteiger partial charge >= 0.3 is 24.0 Å². The van der Waals surface area contributed by atoms with Crippen molar-refractivity contribution in [2.24, 2.45) is 0 Å². The van der Waals surface area contributed by atoms with Crippen LogP contribution in [0.25, 0.3) is 0 Å². The third kappa shape index (κ3) is 14.3. The molecule has 1 heterocycles. The minimum atomic E-state index is -1.12. The first kappa shape index (κ1) is 33.0. The number of alkyl carbamates (subject to hydrolysis) is 1. The molecule has 0 spiro atoms. The van der Waals surface area contributed by atoms with Crippen LogP contribution in [0.4, 0.5) is 4.79 Å². The summed E-state index contributed by atoms with van der Waals surface area (Å²) in [6.45, 7) is 10.6. The van der Waals surface area contributed by atoms with Gasteiger partial charge < -0.3 is 29.0 Å². The van der Waals surface area contributed by atoms with Crippen LogP contribution in [0, 0.1) is 0 Å². The normalized spacial score (nSPS) is 16.5. The molecule has 11 heteroatoms. The van der Waals surface area contributed by atoms with Gasteiger partial charge in [0.15, 0.2) is 0 Å². The fraction of sp³-hybridized carbons (Fsp3) is 0.655. The first-order valence-corrected chi connectivity index (χ1v) is 13.7. The van der Waals surface area contributed by atoms with Crippen molar-refractivity contribution in [1.82, 2.24) is 10.2 Å². The molecule has 40 heavy (non-hydrogen) atoms. The maximum absolute atomic E-state index is 13.1. The Labute approximate surface area is 236 Å². The number of ether oxygens (including phenoxy) is 5. The van der Waals surface area contributed by atoms with Gasteiger partial charge in [0, 0.05) is 13.0 Å². The Kier molecular flexibility index (Phi) is 12.9. The lowest BCUT2D eigenvalue weighted by Crippen LogP contribution is -2.47. The highest BCUT2D eigenvalue weighted by atomic mass is 16.7. The minimum Gasteiger partial charge on any atom is -0.459 e. The monoisotopic (exact) mass is 564 g/mol. The van der Waals surface area contributed by atoms with Crippen LogP contribution in [0.2, 0.25) is 0 Å². The van der Waals surface area contributed by atoms with Crippen molar-refractivity contribution in [2.45, 2.75) is 97.4 Å². The van der Waals surface area contributed by atoms with Crippen LogP contribution in [0.1, 0.15) is 72.8 Å². The van der Waals surface area contributed by atoms with Gasteiger partial charge in [0.05, 0.1) is 19.7 Å². The molecule has 0 radical (unpaired) electrons. The molecule has 1 aliphatic heterocycles. The van der Waals surface area contributed by atoms with E-state index in [0.29, 0.717) is 13.0 Å². The molecule has 1 saturated heterocycles. The van der Waals surface area contributed by atoms with E-state index in [2.05, 4.69) is 5.32 Å². The van der Waals surface area contributed by atoms with E-state index in [1.165, 1.54) is 4.90 Å². The van der Waals surface area contributed by atoms with Crippen molar-refractivity contribution in [1.29, 1.82) is 0 Å². The first-order valence-electron chi connectivity index (χ1n) is 13.7. The maximum atomic E-state index is 13.1. The average molecular weight is 565 g/mol. The molecule has 0 aliphatic carbocycles. The van der Waals surface area contributed by atoms with E-state index in [9.17, 15) is 19.2 Å². The van der Waals surface area contributed by atoms with E-state index >= 15 is 0 Å². The largest absolute Gasteiger partial charge is 0.459 e. The lowest BCUT2D eigenvalue weighted by molar-refractivity contribution is -0.189. The molecule has 224 valence electrons. The van der Waals surface area contributed by atoms with Crippen LogP contribution >= 0.6 is 0 Å². The third-order valence-corrected chi connectivity index (χ3v) is 5.45. The maximum Gasteiger partial charge on any atom is 0.408 e. The molecular formula is C29H44N2O9. The van der Waals surface area contributed by atoms with Crippen molar-refractivity contribution < 1.29 is 42.9 Å². The molecule has 1 aromatic rings. The number of nitrogens with one attached hydrogen (secondary N) is 1. The van der Waals surface area contributed by atoms with Crippen LogP contribution < -0.4 is 5.32 Å². The first-order chi connectivity index (χ1) is 18.7. The molecule has 2 rings (SSSR count). The lowest BCUT2D eigenvalue weighted by Gasteiger charge is -2.28. The SMILES string of the molecule is CC(C)(C)OC(=O)CN(CC[C@H](NC(=O)OCc1ccccc1)C(=O)OC1CCCCO1)CC(=O)OC(C)(C)C. The number of benzene rings is 1. The topological polar surface area (TPSA) is 130 Å². The van der Waals surface area contributed by atoms with E-state index < -0.39 is 47.5 Å². The number of hydrogen-bond donors (Lipinski definition) is 1. The predicted octanol–water partition coefficient (Wildman–Crippen LogP) is 3.73. The van der Waals surface area contributed by atoms with Gasteiger partial charge in [0.25, 0.3) is 0 Å². The van der Waals surface area contributed by atoms with Crippen molar-refractivity contribution in [2.75, 3.05) is 26.2 Å². The number of amides is 1. The van der Waals surface area contributed by atoms with Crippen LogP contribution in [0.15, 0.2) is 30.3 Å². The third-order valence-electron chi connectivity index (χ3n) is 5.45. The van der Waals surface area contributed by atoms with Crippen LogP contribution in [0.5, 0.6) is 0 Å². The molecule has 11 nitrogen and oxygen atoms in total. The van der Waals surface area contributed by atoms with Crippen molar-refractivity contribution in [3.63, 3.8) is 0 Å². The van der Waals surface area contributed by atoms with Crippen molar-refractivity contribution in [3.05, 3.63) is 35.9 Å². The van der Waals surface area contributed by atoms with Gasteiger partial charge in [-0.05, 0) is 66.4 Å². The smallest absolute Gasteiger partial charge is 0.408 e. The Morgan fingerprint density at radius 3 is 2.08 bits per heavy atom. The zero-order valence-electron chi connectivity index (χ0n) is 24.5. The predicted molar refractivity (Wildman–Crippen MR) is 146 cm³/mol. The summed E-state index contributed by atoms with van der Waals surface area (Å²) in [6, 6.07) is 8.00. The van der Waals surface area contributed by atoms with E-state index in [4.69, 9.17) is 23.7 Å². The van der Waals surface area contributed by atoms with Gasteiger partial charge in [-0.1, -0.05) is 30.3 Å². The summed E-state index contributed by atoms with van der Waals surface area (Å²) in [5.74, 6) is -1.78. The number of carbonyl (C=O) groups excluding carboxylic acids is 4. The van der Waals surface area contributed by atoms with Crippen LogP contribution in [0.3, 0.4) is 0 Å².